The van der Waals surface area contributed by atoms with Gasteiger partial charge >= 0.3 is 0 Å². The molecule has 2 heterocycles. The number of piperidine rings is 1. The summed E-state index contributed by atoms with van der Waals surface area (Å²) >= 11 is 8.97. The summed E-state index contributed by atoms with van der Waals surface area (Å²) in [6, 6.07) is 2.59. The molecule has 1 unspecified atom stereocenters. The molecular weight excluding hydrogens is 400 g/mol. The minimum atomic E-state index is 0.370. The summed E-state index contributed by atoms with van der Waals surface area (Å²) < 4.78 is 2.31. The third kappa shape index (κ3) is 3.49. The molecule has 0 aliphatic carbocycles. The molecule has 114 valence electrons. The van der Waals surface area contributed by atoms with Crippen molar-refractivity contribution >= 4 is 43.2 Å². The lowest BCUT2D eigenvalue weighted by Gasteiger charge is -2.43. The van der Waals surface area contributed by atoms with Gasteiger partial charge in [-0.25, -0.2) is 0 Å². The predicted octanol–water partition coefficient (Wildman–Crippen LogP) is 5.18. The molecule has 1 aliphatic heterocycles. The van der Waals surface area contributed by atoms with Gasteiger partial charge in [-0.1, -0.05) is 26.7 Å². The van der Waals surface area contributed by atoms with Crippen molar-refractivity contribution in [2.75, 3.05) is 19.6 Å². The standard InChI is InChI=1S/C15H24Br2N2S/c1-3-15(4-2)5-7-19(8-6-15)12(10-18)13-9-11(16)14(17)20-13/h9,12H,3-8,10,18H2,1-2H3. The summed E-state index contributed by atoms with van der Waals surface area (Å²) in [5.74, 6) is 0. The summed E-state index contributed by atoms with van der Waals surface area (Å²) in [4.78, 5) is 3.95. The number of nitrogens with two attached hydrogens (primary N) is 1. The molecule has 5 heteroatoms. The van der Waals surface area contributed by atoms with Crippen LogP contribution in [0.3, 0.4) is 0 Å². The molecule has 0 spiro atoms. The van der Waals surface area contributed by atoms with E-state index in [1.54, 1.807) is 11.3 Å². The maximum Gasteiger partial charge on any atom is 0.0843 e. The highest BCUT2D eigenvalue weighted by Crippen LogP contribution is 2.42. The van der Waals surface area contributed by atoms with Crippen molar-refractivity contribution in [2.24, 2.45) is 11.1 Å². The number of halogens is 2. The first-order valence-electron chi connectivity index (χ1n) is 7.44. The fraction of sp³-hybridized carbons (Fsp3) is 0.733. The molecule has 0 bridgehead atoms. The van der Waals surface area contributed by atoms with Gasteiger partial charge < -0.3 is 5.73 Å². The van der Waals surface area contributed by atoms with Gasteiger partial charge in [0.25, 0.3) is 0 Å². The zero-order valence-corrected chi connectivity index (χ0v) is 16.3. The zero-order chi connectivity index (χ0) is 14.8. The molecule has 1 aromatic heterocycles. The van der Waals surface area contributed by atoms with Crippen LogP contribution in [-0.4, -0.2) is 24.5 Å². The van der Waals surface area contributed by atoms with Crippen molar-refractivity contribution in [3.8, 4) is 0 Å². The molecule has 1 saturated heterocycles. The number of likely N-dealkylation sites (tertiary alicyclic amines) is 1. The second-order valence-corrected chi connectivity index (χ2v) is 9.02. The molecule has 20 heavy (non-hydrogen) atoms. The van der Waals surface area contributed by atoms with E-state index in [-0.39, 0.29) is 0 Å². The van der Waals surface area contributed by atoms with Gasteiger partial charge in [0.15, 0.2) is 0 Å². The van der Waals surface area contributed by atoms with Gasteiger partial charge in [-0.2, -0.15) is 0 Å². The quantitative estimate of drug-likeness (QED) is 0.707. The van der Waals surface area contributed by atoms with Gasteiger partial charge in [-0.3, -0.25) is 4.90 Å². The van der Waals surface area contributed by atoms with Crippen molar-refractivity contribution in [3.63, 3.8) is 0 Å². The molecule has 1 atom stereocenters. The molecule has 2 nitrogen and oxygen atoms in total. The third-order valence-electron chi connectivity index (χ3n) is 5.02. The minimum absolute atomic E-state index is 0.370. The van der Waals surface area contributed by atoms with E-state index >= 15 is 0 Å². The lowest BCUT2D eigenvalue weighted by molar-refractivity contribution is 0.0690. The van der Waals surface area contributed by atoms with Crippen LogP contribution in [0.25, 0.3) is 0 Å². The first-order chi connectivity index (χ1) is 9.55. The molecule has 1 aromatic rings. The topological polar surface area (TPSA) is 29.3 Å². The molecular formula is C15H24Br2N2S. The first kappa shape index (κ1) is 16.9. The summed E-state index contributed by atoms with van der Waals surface area (Å²) in [6.07, 6.45) is 5.23. The second kappa shape index (κ2) is 7.23. The molecule has 0 aromatic carbocycles. The van der Waals surface area contributed by atoms with Crippen LogP contribution in [0.4, 0.5) is 0 Å². The lowest BCUT2D eigenvalue weighted by atomic mass is 9.74. The van der Waals surface area contributed by atoms with Crippen LogP contribution in [-0.2, 0) is 0 Å². The number of hydrogen-bond acceptors (Lipinski definition) is 3. The fourth-order valence-corrected chi connectivity index (χ4v) is 5.48. The van der Waals surface area contributed by atoms with E-state index in [4.69, 9.17) is 5.73 Å². The van der Waals surface area contributed by atoms with E-state index < -0.39 is 0 Å². The second-order valence-electron chi connectivity index (χ2n) is 5.76. The molecule has 2 rings (SSSR count). The van der Waals surface area contributed by atoms with Crippen molar-refractivity contribution < 1.29 is 0 Å². The van der Waals surface area contributed by atoms with Gasteiger partial charge in [0.05, 0.1) is 9.83 Å². The number of hydrogen-bond donors (Lipinski definition) is 1. The maximum atomic E-state index is 6.06. The van der Waals surface area contributed by atoms with Crippen LogP contribution >= 0.6 is 43.2 Å². The molecule has 1 fully saturated rings. The Morgan fingerprint density at radius 2 is 1.90 bits per heavy atom. The van der Waals surface area contributed by atoms with Crippen molar-refractivity contribution in [3.05, 3.63) is 19.2 Å². The van der Waals surface area contributed by atoms with Crippen LogP contribution in [0, 0.1) is 5.41 Å². The van der Waals surface area contributed by atoms with Crippen LogP contribution in [0.1, 0.15) is 50.4 Å². The molecule has 0 radical (unpaired) electrons. The molecule has 1 aliphatic rings. The smallest absolute Gasteiger partial charge is 0.0843 e. The molecule has 2 N–H and O–H groups in total. The number of nitrogens with zero attached hydrogens (tertiary/aromatic N) is 1. The third-order valence-corrected chi connectivity index (χ3v) is 8.37. The number of thiophene rings is 1. The average Bonchev–Trinajstić information content (AvgIpc) is 2.80. The van der Waals surface area contributed by atoms with E-state index in [1.807, 2.05) is 0 Å². The predicted molar refractivity (Wildman–Crippen MR) is 95.3 cm³/mol. The Labute approximate surface area is 143 Å². The van der Waals surface area contributed by atoms with Crippen molar-refractivity contribution in [1.29, 1.82) is 0 Å². The highest BCUT2D eigenvalue weighted by atomic mass is 79.9. The fourth-order valence-electron chi connectivity index (χ4n) is 3.24. The zero-order valence-electron chi connectivity index (χ0n) is 12.3. The summed E-state index contributed by atoms with van der Waals surface area (Å²) in [6.45, 7) is 7.73. The summed E-state index contributed by atoms with van der Waals surface area (Å²) in [7, 11) is 0. The SMILES string of the molecule is CCC1(CC)CCN(C(CN)c2cc(Br)c(Br)s2)CC1. The van der Waals surface area contributed by atoms with E-state index in [0.717, 1.165) is 4.47 Å². The van der Waals surface area contributed by atoms with E-state index in [9.17, 15) is 0 Å². The summed E-state index contributed by atoms with van der Waals surface area (Å²) in [5.41, 5.74) is 6.64. The highest BCUT2D eigenvalue weighted by molar-refractivity contribution is 9.13. The summed E-state index contributed by atoms with van der Waals surface area (Å²) in [5, 5.41) is 0. The average molecular weight is 424 g/mol. The van der Waals surface area contributed by atoms with E-state index in [2.05, 4.69) is 56.7 Å². The Balaban J connectivity index is 2.07. The Morgan fingerprint density at radius 1 is 1.30 bits per heavy atom. The van der Waals surface area contributed by atoms with E-state index in [1.165, 1.54) is 47.4 Å². The maximum absolute atomic E-state index is 6.06. The monoisotopic (exact) mass is 422 g/mol. The Morgan fingerprint density at radius 3 is 2.30 bits per heavy atom. The van der Waals surface area contributed by atoms with Crippen LogP contribution < -0.4 is 5.73 Å². The van der Waals surface area contributed by atoms with Crippen LogP contribution in [0.5, 0.6) is 0 Å². The molecule has 0 amide bonds. The Kier molecular flexibility index (Phi) is 6.12. The minimum Gasteiger partial charge on any atom is -0.329 e. The van der Waals surface area contributed by atoms with Crippen molar-refractivity contribution in [2.45, 2.75) is 45.6 Å². The number of rotatable bonds is 5. The van der Waals surface area contributed by atoms with Gasteiger partial charge in [-0.05, 0) is 69.3 Å². The Bertz CT molecular complexity index is 414. The first-order valence-corrected chi connectivity index (χ1v) is 9.84. The largest absolute Gasteiger partial charge is 0.329 e. The lowest BCUT2D eigenvalue weighted by Crippen LogP contribution is -2.43. The van der Waals surface area contributed by atoms with Gasteiger partial charge in [-0.15, -0.1) is 11.3 Å². The van der Waals surface area contributed by atoms with Gasteiger partial charge in [0.1, 0.15) is 0 Å². The van der Waals surface area contributed by atoms with Crippen LogP contribution in [0.15, 0.2) is 14.3 Å². The van der Waals surface area contributed by atoms with E-state index in [0.29, 0.717) is 18.0 Å². The Hall–Kier alpha value is 0.580. The normalized spacial score (nSPS) is 21.1. The highest BCUT2D eigenvalue weighted by Gasteiger charge is 2.34. The molecule has 0 saturated carbocycles. The van der Waals surface area contributed by atoms with Gasteiger partial charge in [0.2, 0.25) is 0 Å². The van der Waals surface area contributed by atoms with Crippen LogP contribution in [0.2, 0.25) is 0 Å². The van der Waals surface area contributed by atoms with Gasteiger partial charge in [0, 0.05) is 15.9 Å². The van der Waals surface area contributed by atoms with Crippen molar-refractivity contribution in [1.82, 2.24) is 4.90 Å².